The van der Waals surface area contributed by atoms with Crippen molar-refractivity contribution < 1.29 is 22.3 Å². The standard InChI is InChI=1S/C11H16F2N2O3S/c1-2-8(16)3-4-15-19(17,18)10-6-7(14)5-9(12)11(10)13/h5-6,8,15-16H,2-4,14H2,1H3. The van der Waals surface area contributed by atoms with E-state index in [1.54, 1.807) is 6.92 Å². The lowest BCUT2D eigenvalue weighted by atomic mass is 10.2. The zero-order chi connectivity index (χ0) is 14.6. The van der Waals surface area contributed by atoms with Gasteiger partial charge in [0.2, 0.25) is 10.0 Å². The van der Waals surface area contributed by atoms with E-state index in [4.69, 9.17) is 5.73 Å². The molecule has 4 N–H and O–H groups in total. The summed E-state index contributed by atoms with van der Waals surface area (Å²) in [7, 11) is -4.20. The van der Waals surface area contributed by atoms with Crippen LogP contribution in [0.4, 0.5) is 14.5 Å². The predicted octanol–water partition coefficient (Wildman–Crippen LogP) is 0.986. The van der Waals surface area contributed by atoms with Crippen LogP contribution in [-0.4, -0.2) is 26.2 Å². The quantitative estimate of drug-likeness (QED) is 0.682. The molecule has 0 saturated heterocycles. The number of anilines is 1. The number of aliphatic hydroxyl groups excluding tert-OH is 1. The van der Waals surface area contributed by atoms with Gasteiger partial charge in [-0.25, -0.2) is 21.9 Å². The van der Waals surface area contributed by atoms with Crippen LogP contribution in [0.15, 0.2) is 17.0 Å². The molecule has 1 aromatic carbocycles. The molecule has 5 nitrogen and oxygen atoms in total. The molecule has 0 radical (unpaired) electrons. The molecule has 0 aliphatic heterocycles. The maximum absolute atomic E-state index is 13.4. The van der Waals surface area contributed by atoms with E-state index in [2.05, 4.69) is 4.72 Å². The first-order valence-corrected chi connectivity index (χ1v) is 7.18. The Morgan fingerprint density at radius 3 is 2.63 bits per heavy atom. The van der Waals surface area contributed by atoms with Crippen molar-refractivity contribution in [2.24, 2.45) is 0 Å². The minimum absolute atomic E-state index is 0.0762. The molecule has 0 aliphatic rings. The Morgan fingerprint density at radius 1 is 1.42 bits per heavy atom. The lowest BCUT2D eigenvalue weighted by Gasteiger charge is -2.11. The summed E-state index contributed by atoms with van der Waals surface area (Å²) >= 11 is 0. The van der Waals surface area contributed by atoms with E-state index in [0.29, 0.717) is 12.5 Å². The van der Waals surface area contributed by atoms with Crippen LogP contribution < -0.4 is 10.5 Å². The maximum atomic E-state index is 13.4. The van der Waals surface area contributed by atoms with Gasteiger partial charge in [0.05, 0.1) is 6.10 Å². The van der Waals surface area contributed by atoms with Crippen molar-refractivity contribution in [2.45, 2.75) is 30.8 Å². The van der Waals surface area contributed by atoms with Crippen molar-refractivity contribution in [2.75, 3.05) is 12.3 Å². The Balaban J connectivity index is 2.89. The summed E-state index contributed by atoms with van der Waals surface area (Å²) in [6.45, 7) is 1.67. The average molecular weight is 294 g/mol. The van der Waals surface area contributed by atoms with Crippen LogP contribution in [0.25, 0.3) is 0 Å². The Bertz CT molecular complexity index is 549. The molecule has 8 heteroatoms. The second-order valence-electron chi connectivity index (χ2n) is 4.06. The number of nitrogens with two attached hydrogens (primary N) is 1. The molecule has 0 fully saturated rings. The van der Waals surface area contributed by atoms with Gasteiger partial charge < -0.3 is 10.8 Å². The Labute approximate surface area is 110 Å². The van der Waals surface area contributed by atoms with Gasteiger partial charge in [0.25, 0.3) is 0 Å². The fourth-order valence-electron chi connectivity index (χ4n) is 1.42. The molecule has 1 aromatic rings. The fourth-order valence-corrected chi connectivity index (χ4v) is 2.59. The highest BCUT2D eigenvalue weighted by atomic mass is 32.2. The largest absolute Gasteiger partial charge is 0.399 e. The third kappa shape index (κ3) is 4.12. The number of nitrogens with one attached hydrogen (secondary N) is 1. The van der Waals surface area contributed by atoms with Gasteiger partial charge in [0.1, 0.15) is 4.90 Å². The molecule has 0 amide bonds. The normalized spacial score (nSPS) is 13.5. The zero-order valence-corrected chi connectivity index (χ0v) is 11.2. The minimum Gasteiger partial charge on any atom is -0.399 e. The maximum Gasteiger partial charge on any atom is 0.243 e. The fraction of sp³-hybridized carbons (Fsp3) is 0.455. The van der Waals surface area contributed by atoms with E-state index in [0.717, 1.165) is 6.07 Å². The third-order valence-electron chi connectivity index (χ3n) is 2.55. The first kappa shape index (κ1) is 15.8. The highest BCUT2D eigenvalue weighted by molar-refractivity contribution is 7.89. The van der Waals surface area contributed by atoms with Crippen LogP contribution in [-0.2, 0) is 10.0 Å². The number of halogens is 2. The summed E-state index contributed by atoms with van der Waals surface area (Å²) in [5.41, 5.74) is 5.10. The summed E-state index contributed by atoms with van der Waals surface area (Å²) in [5, 5.41) is 9.28. The van der Waals surface area contributed by atoms with E-state index in [9.17, 15) is 22.3 Å². The summed E-state index contributed by atoms with van der Waals surface area (Å²) in [4.78, 5) is -0.837. The number of hydrogen-bond donors (Lipinski definition) is 3. The third-order valence-corrected chi connectivity index (χ3v) is 4.01. The smallest absolute Gasteiger partial charge is 0.243 e. The Kier molecular flexibility index (Phi) is 5.21. The molecule has 0 bridgehead atoms. The van der Waals surface area contributed by atoms with E-state index < -0.39 is 32.7 Å². The van der Waals surface area contributed by atoms with Gasteiger partial charge >= 0.3 is 0 Å². The Hall–Kier alpha value is -1.25. The molecule has 1 rings (SSSR count). The van der Waals surface area contributed by atoms with E-state index in [1.165, 1.54) is 0 Å². The number of aliphatic hydroxyl groups is 1. The van der Waals surface area contributed by atoms with Crippen molar-refractivity contribution in [1.82, 2.24) is 4.72 Å². The number of rotatable bonds is 6. The lowest BCUT2D eigenvalue weighted by Crippen LogP contribution is -2.28. The molecule has 108 valence electrons. The van der Waals surface area contributed by atoms with Gasteiger partial charge in [-0.3, -0.25) is 0 Å². The van der Waals surface area contributed by atoms with Crippen molar-refractivity contribution in [3.05, 3.63) is 23.8 Å². The van der Waals surface area contributed by atoms with Crippen molar-refractivity contribution in [3.8, 4) is 0 Å². The van der Waals surface area contributed by atoms with E-state index in [-0.39, 0.29) is 18.7 Å². The molecule has 0 aliphatic carbocycles. The summed E-state index contributed by atoms with van der Waals surface area (Å²) < 4.78 is 52.1. The monoisotopic (exact) mass is 294 g/mol. The van der Waals surface area contributed by atoms with Crippen molar-refractivity contribution in [3.63, 3.8) is 0 Å². The van der Waals surface area contributed by atoms with Gasteiger partial charge in [-0.05, 0) is 25.0 Å². The highest BCUT2D eigenvalue weighted by Gasteiger charge is 2.22. The SMILES string of the molecule is CCC(O)CCNS(=O)(=O)c1cc(N)cc(F)c1F. The molecule has 1 atom stereocenters. The first-order chi connectivity index (χ1) is 8.77. The van der Waals surface area contributed by atoms with Crippen LogP contribution in [0.3, 0.4) is 0 Å². The second-order valence-corrected chi connectivity index (χ2v) is 5.80. The molecule has 19 heavy (non-hydrogen) atoms. The average Bonchev–Trinajstić information content (AvgIpc) is 2.33. The van der Waals surface area contributed by atoms with Crippen molar-refractivity contribution in [1.29, 1.82) is 0 Å². The molecular formula is C11H16F2N2O3S. The first-order valence-electron chi connectivity index (χ1n) is 5.70. The second kappa shape index (κ2) is 6.27. The van der Waals surface area contributed by atoms with Crippen LogP contribution in [0.2, 0.25) is 0 Å². The van der Waals surface area contributed by atoms with E-state index >= 15 is 0 Å². The van der Waals surface area contributed by atoms with Crippen LogP contribution in [0, 0.1) is 11.6 Å². The van der Waals surface area contributed by atoms with Gasteiger partial charge in [-0.15, -0.1) is 0 Å². The summed E-state index contributed by atoms with van der Waals surface area (Å²) in [6, 6.07) is 1.55. The molecule has 0 aromatic heterocycles. The number of nitrogen functional groups attached to an aromatic ring is 1. The number of hydrogen-bond acceptors (Lipinski definition) is 4. The van der Waals surface area contributed by atoms with E-state index in [1.807, 2.05) is 0 Å². The lowest BCUT2D eigenvalue weighted by molar-refractivity contribution is 0.162. The highest BCUT2D eigenvalue weighted by Crippen LogP contribution is 2.20. The number of benzene rings is 1. The minimum atomic E-state index is -4.20. The summed E-state index contributed by atoms with van der Waals surface area (Å²) in [5.74, 6) is -2.80. The van der Waals surface area contributed by atoms with Crippen LogP contribution >= 0.6 is 0 Å². The molecular weight excluding hydrogens is 278 g/mol. The summed E-state index contributed by atoms with van der Waals surface area (Å²) in [6.07, 6.45) is 0.00985. The zero-order valence-electron chi connectivity index (χ0n) is 10.4. The van der Waals surface area contributed by atoms with Gasteiger partial charge in [0.15, 0.2) is 11.6 Å². The predicted molar refractivity (Wildman–Crippen MR) is 66.9 cm³/mol. The Morgan fingerprint density at radius 2 is 2.05 bits per heavy atom. The molecule has 0 spiro atoms. The molecule has 0 saturated carbocycles. The van der Waals surface area contributed by atoms with Crippen LogP contribution in [0.1, 0.15) is 19.8 Å². The van der Waals surface area contributed by atoms with Crippen molar-refractivity contribution >= 4 is 15.7 Å². The topological polar surface area (TPSA) is 92.4 Å². The van der Waals surface area contributed by atoms with Gasteiger partial charge in [-0.2, -0.15) is 0 Å². The van der Waals surface area contributed by atoms with Crippen LogP contribution in [0.5, 0.6) is 0 Å². The molecule has 1 unspecified atom stereocenters. The van der Waals surface area contributed by atoms with Gasteiger partial charge in [-0.1, -0.05) is 6.92 Å². The number of sulfonamides is 1. The molecule has 0 heterocycles. The van der Waals surface area contributed by atoms with Gasteiger partial charge in [0, 0.05) is 12.2 Å².